The van der Waals surface area contributed by atoms with Gasteiger partial charge >= 0.3 is 5.97 Å². The number of carboxylic acid groups (broad SMARTS) is 1. The molecule has 0 unspecified atom stereocenters. The minimum atomic E-state index is -0.817. The van der Waals surface area contributed by atoms with Gasteiger partial charge < -0.3 is 9.67 Å². The van der Waals surface area contributed by atoms with E-state index in [2.05, 4.69) is 65.0 Å². The number of thioether (sulfide) groups is 1. The number of imidazole rings is 1. The van der Waals surface area contributed by atoms with Gasteiger partial charge in [-0.15, -0.1) is 0 Å². The summed E-state index contributed by atoms with van der Waals surface area (Å²) >= 11 is 3.56. The predicted molar refractivity (Wildman–Crippen MR) is 95.0 cm³/mol. The Balaban J connectivity index is 2.62. The maximum Gasteiger partial charge on any atom is 0.313 e. The van der Waals surface area contributed by atoms with Crippen molar-refractivity contribution in [1.82, 2.24) is 9.55 Å². The second kappa shape index (κ2) is 6.56. The van der Waals surface area contributed by atoms with Crippen LogP contribution in [0.25, 0.3) is 11.0 Å². The van der Waals surface area contributed by atoms with Gasteiger partial charge in [0.25, 0.3) is 0 Å². The molecule has 0 fully saturated rings. The third-order valence-electron chi connectivity index (χ3n) is 3.97. The van der Waals surface area contributed by atoms with Gasteiger partial charge in [-0.1, -0.05) is 25.6 Å². The summed E-state index contributed by atoms with van der Waals surface area (Å²) in [5.74, 6) is -0.785. The second-order valence-corrected chi connectivity index (χ2v) is 7.44. The Morgan fingerprint density at radius 2 is 2.10 bits per heavy atom. The Bertz CT molecular complexity index is 665. The van der Waals surface area contributed by atoms with Crippen molar-refractivity contribution in [2.75, 3.05) is 5.75 Å². The van der Waals surface area contributed by atoms with Crippen molar-refractivity contribution in [2.45, 2.75) is 44.3 Å². The first-order valence-electron chi connectivity index (χ1n) is 6.94. The van der Waals surface area contributed by atoms with Gasteiger partial charge in [0.1, 0.15) is 0 Å². The SMILES string of the molecule is CCC(C)(CC)n1c(SCC(=O)O)nc2cc(I)ccc21. The molecule has 2 rings (SSSR count). The van der Waals surface area contributed by atoms with E-state index in [-0.39, 0.29) is 11.3 Å². The van der Waals surface area contributed by atoms with Crippen molar-refractivity contribution in [1.29, 1.82) is 0 Å². The molecular weight excluding hydrogens is 399 g/mol. The van der Waals surface area contributed by atoms with Crippen LogP contribution in [0.1, 0.15) is 33.6 Å². The van der Waals surface area contributed by atoms with E-state index in [0.717, 1.165) is 32.6 Å². The Labute approximate surface area is 142 Å². The van der Waals surface area contributed by atoms with Gasteiger partial charge in [-0.05, 0) is 60.6 Å². The fourth-order valence-electron chi connectivity index (χ4n) is 2.34. The zero-order valence-corrected chi connectivity index (χ0v) is 15.4. The van der Waals surface area contributed by atoms with Crippen LogP contribution >= 0.6 is 34.4 Å². The molecule has 0 bridgehead atoms. The molecule has 21 heavy (non-hydrogen) atoms. The second-order valence-electron chi connectivity index (χ2n) is 5.25. The van der Waals surface area contributed by atoms with E-state index in [1.54, 1.807) is 0 Å². The Morgan fingerprint density at radius 1 is 1.43 bits per heavy atom. The smallest absolute Gasteiger partial charge is 0.313 e. The molecule has 4 nitrogen and oxygen atoms in total. The lowest BCUT2D eigenvalue weighted by Crippen LogP contribution is -2.29. The summed E-state index contributed by atoms with van der Waals surface area (Å²) in [6, 6.07) is 6.19. The van der Waals surface area contributed by atoms with Crippen molar-refractivity contribution in [3.05, 3.63) is 21.8 Å². The van der Waals surface area contributed by atoms with Crippen LogP contribution < -0.4 is 0 Å². The topological polar surface area (TPSA) is 55.1 Å². The monoisotopic (exact) mass is 418 g/mol. The lowest BCUT2D eigenvalue weighted by Gasteiger charge is -2.31. The highest BCUT2D eigenvalue weighted by molar-refractivity contribution is 14.1. The fourth-order valence-corrected chi connectivity index (χ4v) is 3.68. The highest BCUT2D eigenvalue weighted by atomic mass is 127. The number of carboxylic acids is 1. The molecule has 1 heterocycles. The molecule has 0 radical (unpaired) electrons. The minimum absolute atomic E-state index is 0.0317. The molecule has 0 saturated heterocycles. The number of nitrogens with zero attached hydrogens (tertiary/aromatic N) is 2. The van der Waals surface area contributed by atoms with Gasteiger partial charge in [0, 0.05) is 9.11 Å². The fraction of sp³-hybridized carbons (Fsp3) is 0.467. The van der Waals surface area contributed by atoms with E-state index < -0.39 is 5.97 Å². The molecule has 0 spiro atoms. The molecule has 6 heteroatoms. The Morgan fingerprint density at radius 3 is 2.67 bits per heavy atom. The van der Waals surface area contributed by atoms with Crippen molar-refractivity contribution in [2.24, 2.45) is 0 Å². The summed E-state index contributed by atoms with van der Waals surface area (Å²) in [7, 11) is 0. The zero-order chi connectivity index (χ0) is 15.6. The van der Waals surface area contributed by atoms with E-state index in [4.69, 9.17) is 5.11 Å². The molecule has 0 atom stereocenters. The zero-order valence-electron chi connectivity index (χ0n) is 12.4. The van der Waals surface area contributed by atoms with Crippen LogP contribution in [0.15, 0.2) is 23.4 Å². The third kappa shape index (κ3) is 3.36. The van der Waals surface area contributed by atoms with Gasteiger partial charge in [0.2, 0.25) is 0 Å². The first-order chi connectivity index (χ1) is 9.91. The quantitative estimate of drug-likeness (QED) is 0.560. The number of hydrogen-bond donors (Lipinski definition) is 1. The number of carbonyl (C=O) groups is 1. The summed E-state index contributed by atoms with van der Waals surface area (Å²) in [4.78, 5) is 15.5. The summed E-state index contributed by atoms with van der Waals surface area (Å²) in [5.41, 5.74) is 1.96. The van der Waals surface area contributed by atoms with E-state index in [1.807, 2.05) is 6.07 Å². The molecule has 114 valence electrons. The molecule has 0 aliphatic carbocycles. The van der Waals surface area contributed by atoms with Crippen LogP contribution in [0.3, 0.4) is 0 Å². The van der Waals surface area contributed by atoms with Crippen molar-refractivity contribution >= 4 is 51.4 Å². The molecule has 1 aromatic carbocycles. The summed E-state index contributed by atoms with van der Waals surface area (Å²) in [6.07, 6.45) is 1.95. The molecule has 1 aromatic heterocycles. The molecule has 0 amide bonds. The van der Waals surface area contributed by atoms with Crippen LogP contribution in [0.4, 0.5) is 0 Å². The van der Waals surface area contributed by atoms with Gasteiger partial charge in [-0.25, -0.2) is 4.98 Å². The van der Waals surface area contributed by atoms with E-state index >= 15 is 0 Å². The number of halogens is 1. The highest BCUT2D eigenvalue weighted by Gasteiger charge is 2.28. The minimum Gasteiger partial charge on any atom is -0.481 e. The number of benzene rings is 1. The maximum absolute atomic E-state index is 10.9. The van der Waals surface area contributed by atoms with E-state index in [1.165, 1.54) is 11.8 Å². The number of aromatic nitrogens is 2. The third-order valence-corrected chi connectivity index (χ3v) is 5.57. The van der Waals surface area contributed by atoms with Crippen LogP contribution in [0.5, 0.6) is 0 Å². The number of hydrogen-bond acceptors (Lipinski definition) is 3. The number of rotatable bonds is 6. The maximum atomic E-state index is 10.9. The first kappa shape index (κ1) is 16.6. The van der Waals surface area contributed by atoms with Crippen molar-refractivity contribution in [3.63, 3.8) is 0 Å². The lowest BCUT2D eigenvalue weighted by molar-refractivity contribution is -0.133. The van der Waals surface area contributed by atoms with Gasteiger partial charge in [-0.3, -0.25) is 4.79 Å². The lowest BCUT2D eigenvalue weighted by atomic mass is 9.95. The predicted octanol–water partition coefficient (Wildman–Crippen LogP) is 4.35. The van der Waals surface area contributed by atoms with E-state index in [0.29, 0.717) is 0 Å². The molecular formula is C15H19IN2O2S. The van der Waals surface area contributed by atoms with Gasteiger partial charge in [0.05, 0.1) is 16.8 Å². The average molecular weight is 418 g/mol. The van der Waals surface area contributed by atoms with Crippen LogP contribution in [0.2, 0.25) is 0 Å². The molecule has 1 N–H and O–H groups in total. The normalized spacial score (nSPS) is 12.0. The molecule has 0 aliphatic heterocycles. The van der Waals surface area contributed by atoms with Crippen LogP contribution in [-0.2, 0) is 10.3 Å². The van der Waals surface area contributed by atoms with Crippen LogP contribution in [0, 0.1) is 3.57 Å². The summed E-state index contributed by atoms with van der Waals surface area (Å²) in [5, 5.41) is 9.74. The van der Waals surface area contributed by atoms with Crippen LogP contribution in [-0.4, -0.2) is 26.4 Å². The number of fused-ring (bicyclic) bond motifs is 1. The number of aliphatic carboxylic acids is 1. The largest absolute Gasteiger partial charge is 0.481 e. The Kier molecular flexibility index (Phi) is 5.19. The summed E-state index contributed by atoms with van der Waals surface area (Å²) in [6.45, 7) is 6.53. The van der Waals surface area contributed by atoms with E-state index in [9.17, 15) is 4.79 Å². The summed E-state index contributed by atoms with van der Waals surface area (Å²) < 4.78 is 3.35. The van der Waals surface area contributed by atoms with Gasteiger partial charge in [0.15, 0.2) is 5.16 Å². The molecule has 0 saturated carbocycles. The highest BCUT2D eigenvalue weighted by Crippen LogP contribution is 2.35. The first-order valence-corrected chi connectivity index (χ1v) is 9.00. The van der Waals surface area contributed by atoms with Crippen molar-refractivity contribution < 1.29 is 9.90 Å². The molecule has 2 aromatic rings. The Hall–Kier alpha value is -0.760. The standard InChI is InChI=1S/C15H19IN2O2S/c1-4-15(3,5-2)18-12-7-6-10(16)8-11(12)17-14(18)21-9-13(19)20/h6-8H,4-5,9H2,1-3H3,(H,19,20). The van der Waals surface area contributed by atoms with Gasteiger partial charge in [-0.2, -0.15) is 0 Å². The van der Waals surface area contributed by atoms with Crippen molar-refractivity contribution in [3.8, 4) is 0 Å². The average Bonchev–Trinajstić information content (AvgIpc) is 2.82. The molecule has 0 aliphatic rings.